The fraction of sp³-hybridized carbons (Fsp3) is 0.250. The number of urea groups is 1. The third kappa shape index (κ3) is 3.60. The molecule has 1 fully saturated rings. The van der Waals surface area contributed by atoms with Crippen molar-refractivity contribution in [3.05, 3.63) is 40.9 Å². The van der Waals surface area contributed by atoms with Gasteiger partial charge < -0.3 is 10.6 Å². The highest BCUT2D eigenvalue weighted by molar-refractivity contribution is 7.15. The maximum absolute atomic E-state index is 12.1. The second-order valence-electron chi connectivity index (χ2n) is 5.39. The van der Waals surface area contributed by atoms with E-state index in [9.17, 15) is 14.4 Å². The van der Waals surface area contributed by atoms with Gasteiger partial charge in [-0.3, -0.25) is 14.9 Å². The number of hydrogen-bond acceptors (Lipinski definition) is 5. The maximum Gasteiger partial charge on any atom is 0.322 e. The van der Waals surface area contributed by atoms with E-state index in [2.05, 4.69) is 20.9 Å². The summed E-state index contributed by atoms with van der Waals surface area (Å²) in [4.78, 5) is 40.2. The minimum absolute atomic E-state index is 0.0610. The Labute approximate surface area is 142 Å². The number of aromatic nitrogens is 1. The highest BCUT2D eigenvalue weighted by Gasteiger charge is 2.29. The molecule has 1 unspecified atom stereocenters. The van der Waals surface area contributed by atoms with E-state index in [1.54, 1.807) is 0 Å². The van der Waals surface area contributed by atoms with Crippen LogP contribution in [0.5, 0.6) is 0 Å². The normalized spacial score (nSPS) is 17.1. The van der Waals surface area contributed by atoms with Crippen LogP contribution < -0.4 is 16.0 Å². The van der Waals surface area contributed by atoms with Crippen LogP contribution in [0.15, 0.2) is 30.3 Å². The number of nitrogens with one attached hydrogen (secondary N) is 3. The molecular formula is C16H16N4O3S. The summed E-state index contributed by atoms with van der Waals surface area (Å²) in [6.45, 7) is 2.20. The molecule has 0 saturated carbocycles. The summed E-state index contributed by atoms with van der Waals surface area (Å²) >= 11 is 1.51. The van der Waals surface area contributed by atoms with E-state index in [0.29, 0.717) is 6.54 Å². The molecular weight excluding hydrogens is 328 g/mol. The quantitative estimate of drug-likeness (QED) is 0.779. The topological polar surface area (TPSA) is 100 Å². The Morgan fingerprint density at radius 2 is 2.08 bits per heavy atom. The predicted molar refractivity (Wildman–Crippen MR) is 89.2 cm³/mol. The predicted octanol–water partition coefficient (Wildman–Crippen LogP) is 1.33. The lowest BCUT2D eigenvalue weighted by Crippen LogP contribution is -2.57. The number of carbonyl (C=O) groups excluding carboxylic acids is 3. The molecule has 24 heavy (non-hydrogen) atoms. The second kappa shape index (κ2) is 6.79. The number of hydrogen-bond donors (Lipinski definition) is 3. The number of carbonyl (C=O) groups is 3. The lowest BCUT2D eigenvalue weighted by molar-refractivity contribution is -0.128. The molecule has 7 nitrogen and oxygen atoms in total. The number of imide groups is 1. The van der Waals surface area contributed by atoms with Crippen LogP contribution in [0.1, 0.15) is 17.0 Å². The van der Waals surface area contributed by atoms with E-state index >= 15 is 0 Å². The van der Waals surface area contributed by atoms with Crippen LogP contribution in [0.2, 0.25) is 0 Å². The Balaban J connectivity index is 1.64. The number of thiazole rings is 1. The standard InChI is InChI=1S/C16H16N4O3S/c1-9-12(24-15(18-9)10-5-3-2-4-6-10)8-17-14(22)11-7-13(21)20-16(23)19-11/h2-6,11H,7-8H2,1H3,(H,17,22)(H2,19,20,21,23). The first-order valence-corrected chi connectivity index (χ1v) is 8.24. The summed E-state index contributed by atoms with van der Waals surface area (Å²) in [6.07, 6.45) is -0.0610. The third-order valence-corrected chi connectivity index (χ3v) is 4.81. The number of benzene rings is 1. The second-order valence-corrected chi connectivity index (χ2v) is 6.47. The van der Waals surface area contributed by atoms with Gasteiger partial charge in [0, 0.05) is 10.4 Å². The Bertz CT molecular complexity index is 772. The summed E-state index contributed by atoms with van der Waals surface area (Å²) in [6, 6.07) is 8.32. The summed E-state index contributed by atoms with van der Waals surface area (Å²) < 4.78 is 0. The first-order valence-electron chi connectivity index (χ1n) is 7.42. The highest BCUT2D eigenvalue weighted by Crippen LogP contribution is 2.27. The smallest absolute Gasteiger partial charge is 0.322 e. The van der Waals surface area contributed by atoms with E-state index in [1.807, 2.05) is 37.3 Å². The minimum Gasteiger partial charge on any atom is -0.349 e. The molecule has 2 heterocycles. The molecule has 4 amide bonds. The Hall–Kier alpha value is -2.74. The van der Waals surface area contributed by atoms with E-state index in [0.717, 1.165) is 21.1 Å². The van der Waals surface area contributed by atoms with Crippen LogP contribution in [-0.4, -0.2) is 28.9 Å². The fourth-order valence-electron chi connectivity index (χ4n) is 2.35. The Kier molecular flexibility index (Phi) is 4.57. The third-order valence-electron chi connectivity index (χ3n) is 3.60. The minimum atomic E-state index is -0.840. The van der Waals surface area contributed by atoms with Gasteiger partial charge in [-0.1, -0.05) is 30.3 Å². The van der Waals surface area contributed by atoms with Gasteiger partial charge in [-0.05, 0) is 6.92 Å². The van der Waals surface area contributed by atoms with Gasteiger partial charge in [0.25, 0.3) is 0 Å². The lowest BCUT2D eigenvalue weighted by atomic mass is 10.1. The van der Waals surface area contributed by atoms with Gasteiger partial charge in [0.15, 0.2) is 0 Å². The van der Waals surface area contributed by atoms with Crippen LogP contribution in [0.4, 0.5) is 4.79 Å². The van der Waals surface area contributed by atoms with Gasteiger partial charge in [0.2, 0.25) is 11.8 Å². The largest absolute Gasteiger partial charge is 0.349 e. The molecule has 1 aromatic carbocycles. The van der Waals surface area contributed by atoms with Crippen LogP contribution in [0.3, 0.4) is 0 Å². The van der Waals surface area contributed by atoms with Gasteiger partial charge in [-0.15, -0.1) is 11.3 Å². The number of nitrogens with zero attached hydrogens (tertiary/aromatic N) is 1. The molecule has 3 N–H and O–H groups in total. The first-order chi connectivity index (χ1) is 11.5. The van der Waals surface area contributed by atoms with E-state index in [4.69, 9.17) is 0 Å². The molecule has 1 saturated heterocycles. The average Bonchev–Trinajstić information content (AvgIpc) is 2.93. The molecule has 124 valence electrons. The molecule has 8 heteroatoms. The SMILES string of the molecule is Cc1nc(-c2ccccc2)sc1CNC(=O)C1CC(=O)NC(=O)N1. The van der Waals surface area contributed by atoms with Gasteiger partial charge in [-0.25, -0.2) is 9.78 Å². The van der Waals surface area contributed by atoms with Crippen molar-refractivity contribution >= 4 is 29.2 Å². The van der Waals surface area contributed by atoms with Crippen LogP contribution in [0, 0.1) is 6.92 Å². The number of aryl methyl sites for hydroxylation is 1. The summed E-state index contributed by atoms with van der Waals surface area (Å²) in [7, 11) is 0. The molecule has 0 aliphatic carbocycles. The highest BCUT2D eigenvalue weighted by atomic mass is 32.1. The van der Waals surface area contributed by atoms with Gasteiger partial charge >= 0.3 is 6.03 Å². The first kappa shape index (κ1) is 16.1. The van der Waals surface area contributed by atoms with Crippen molar-refractivity contribution in [3.8, 4) is 10.6 Å². The van der Waals surface area contributed by atoms with Crippen molar-refractivity contribution in [3.63, 3.8) is 0 Å². The zero-order valence-corrected chi connectivity index (χ0v) is 13.8. The molecule has 2 aromatic rings. The summed E-state index contributed by atoms with van der Waals surface area (Å²) in [5, 5.41) is 8.17. The van der Waals surface area contributed by atoms with Crippen molar-refractivity contribution in [1.29, 1.82) is 0 Å². The summed E-state index contributed by atoms with van der Waals surface area (Å²) in [5.74, 6) is -0.841. The number of rotatable bonds is 4. The molecule has 0 spiro atoms. The van der Waals surface area contributed by atoms with Gasteiger partial charge in [0.1, 0.15) is 11.0 Å². The van der Waals surface area contributed by atoms with Crippen molar-refractivity contribution in [2.24, 2.45) is 0 Å². The van der Waals surface area contributed by atoms with E-state index < -0.39 is 18.0 Å². The Morgan fingerprint density at radius 3 is 2.79 bits per heavy atom. The molecule has 1 atom stereocenters. The van der Waals surface area contributed by atoms with Crippen molar-refractivity contribution in [1.82, 2.24) is 20.9 Å². The maximum atomic E-state index is 12.1. The van der Waals surface area contributed by atoms with Crippen molar-refractivity contribution < 1.29 is 14.4 Å². The molecule has 0 bridgehead atoms. The van der Waals surface area contributed by atoms with Crippen molar-refractivity contribution in [2.45, 2.75) is 25.9 Å². The molecule has 3 rings (SSSR count). The van der Waals surface area contributed by atoms with Crippen LogP contribution in [0.25, 0.3) is 10.6 Å². The van der Waals surface area contributed by atoms with Gasteiger partial charge in [-0.2, -0.15) is 0 Å². The molecule has 1 aliphatic heterocycles. The monoisotopic (exact) mass is 344 g/mol. The van der Waals surface area contributed by atoms with Crippen molar-refractivity contribution in [2.75, 3.05) is 0 Å². The molecule has 0 radical (unpaired) electrons. The zero-order chi connectivity index (χ0) is 17.1. The van der Waals surface area contributed by atoms with Crippen LogP contribution in [-0.2, 0) is 16.1 Å². The Morgan fingerprint density at radius 1 is 1.33 bits per heavy atom. The lowest BCUT2D eigenvalue weighted by Gasteiger charge is -2.22. The fourth-order valence-corrected chi connectivity index (χ4v) is 3.36. The summed E-state index contributed by atoms with van der Waals surface area (Å²) in [5.41, 5.74) is 1.88. The zero-order valence-electron chi connectivity index (χ0n) is 13.0. The van der Waals surface area contributed by atoms with E-state index in [-0.39, 0.29) is 12.3 Å². The average molecular weight is 344 g/mol. The van der Waals surface area contributed by atoms with E-state index in [1.165, 1.54) is 11.3 Å². The molecule has 1 aliphatic rings. The van der Waals surface area contributed by atoms with Gasteiger partial charge in [0.05, 0.1) is 18.7 Å². The van der Waals surface area contributed by atoms with Crippen LogP contribution >= 0.6 is 11.3 Å². The molecule has 1 aromatic heterocycles. The number of amides is 4.